The quantitative estimate of drug-likeness (QED) is 0.793. The molecule has 2 amide bonds. The monoisotopic (exact) mass is 354 g/mol. The van der Waals surface area contributed by atoms with E-state index in [2.05, 4.69) is 5.32 Å². The summed E-state index contributed by atoms with van der Waals surface area (Å²) in [4.78, 5) is 26.8. The fraction of sp³-hybridized carbons (Fsp3) is 0.333. The molecular formula is C21H26N2O3. The lowest BCUT2D eigenvalue weighted by atomic mass is 10.1. The Kier molecular flexibility index (Phi) is 7.21. The zero-order valence-electron chi connectivity index (χ0n) is 15.6. The maximum Gasteiger partial charge on any atom is 0.242 e. The second-order valence-electron chi connectivity index (χ2n) is 6.10. The minimum atomic E-state index is -0.548. The molecule has 2 aromatic rings. The Morgan fingerprint density at radius 3 is 2.27 bits per heavy atom. The molecule has 1 atom stereocenters. The summed E-state index contributed by atoms with van der Waals surface area (Å²) in [5, 5.41) is 2.80. The van der Waals surface area contributed by atoms with Crippen molar-refractivity contribution < 1.29 is 14.3 Å². The SMILES string of the molecule is CCNC(=O)C(C)N(Cc1ccc(OC)cc1)C(=O)Cc1ccccc1. The number of nitrogens with zero attached hydrogens (tertiary/aromatic N) is 1. The Morgan fingerprint density at radius 1 is 1.04 bits per heavy atom. The molecule has 0 spiro atoms. The predicted molar refractivity (Wildman–Crippen MR) is 102 cm³/mol. The number of ether oxygens (including phenoxy) is 1. The highest BCUT2D eigenvalue weighted by Gasteiger charge is 2.25. The number of likely N-dealkylation sites (N-methyl/N-ethyl adjacent to an activating group) is 1. The normalized spacial score (nSPS) is 11.5. The van der Waals surface area contributed by atoms with Gasteiger partial charge in [0.25, 0.3) is 0 Å². The summed E-state index contributed by atoms with van der Waals surface area (Å²) < 4.78 is 5.17. The van der Waals surface area contributed by atoms with Crippen LogP contribution in [0.15, 0.2) is 54.6 Å². The number of carbonyl (C=O) groups excluding carboxylic acids is 2. The van der Waals surface area contributed by atoms with Crippen molar-refractivity contribution in [2.24, 2.45) is 0 Å². The summed E-state index contributed by atoms with van der Waals surface area (Å²) in [7, 11) is 1.61. The molecule has 0 aliphatic carbocycles. The van der Waals surface area contributed by atoms with Crippen LogP contribution in [0, 0.1) is 0 Å². The third-order valence-corrected chi connectivity index (χ3v) is 4.23. The number of amides is 2. The van der Waals surface area contributed by atoms with E-state index in [0.29, 0.717) is 13.1 Å². The van der Waals surface area contributed by atoms with Crippen LogP contribution in [0.1, 0.15) is 25.0 Å². The number of carbonyl (C=O) groups is 2. The summed E-state index contributed by atoms with van der Waals surface area (Å²) in [6.07, 6.45) is 0.265. The van der Waals surface area contributed by atoms with Crippen molar-refractivity contribution in [3.8, 4) is 5.75 Å². The van der Waals surface area contributed by atoms with Gasteiger partial charge in [0.1, 0.15) is 11.8 Å². The van der Waals surface area contributed by atoms with E-state index in [1.54, 1.807) is 18.9 Å². The van der Waals surface area contributed by atoms with Crippen LogP contribution in [0.3, 0.4) is 0 Å². The fourth-order valence-electron chi connectivity index (χ4n) is 2.70. The largest absolute Gasteiger partial charge is 0.497 e. The molecule has 0 aliphatic rings. The van der Waals surface area contributed by atoms with E-state index in [1.807, 2.05) is 61.5 Å². The molecule has 1 unspecified atom stereocenters. The van der Waals surface area contributed by atoms with Gasteiger partial charge >= 0.3 is 0 Å². The van der Waals surface area contributed by atoms with E-state index in [-0.39, 0.29) is 18.2 Å². The van der Waals surface area contributed by atoms with E-state index >= 15 is 0 Å². The van der Waals surface area contributed by atoms with Gasteiger partial charge in [-0.15, -0.1) is 0 Å². The molecule has 0 saturated heterocycles. The van der Waals surface area contributed by atoms with Crippen molar-refractivity contribution in [2.45, 2.75) is 32.9 Å². The lowest BCUT2D eigenvalue weighted by Gasteiger charge is -2.29. The average Bonchev–Trinajstić information content (AvgIpc) is 2.67. The Balaban J connectivity index is 2.19. The van der Waals surface area contributed by atoms with Gasteiger partial charge in [-0.2, -0.15) is 0 Å². The Bertz CT molecular complexity index is 714. The number of nitrogens with one attached hydrogen (secondary N) is 1. The van der Waals surface area contributed by atoms with Gasteiger partial charge in [-0.25, -0.2) is 0 Å². The first-order valence-corrected chi connectivity index (χ1v) is 8.79. The first-order valence-electron chi connectivity index (χ1n) is 8.79. The second-order valence-corrected chi connectivity index (χ2v) is 6.10. The first-order chi connectivity index (χ1) is 12.5. The van der Waals surface area contributed by atoms with E-state index in [1.165, 1.54) is 0 Å². The summed E-state index contributed by atoms with van der Waals surface area (Å²) in [6, 6.07) is 16.5. The summed E-state index contributed by atoms with van der Waals surface area (Å²) >= 11 is 0. The van der Waals surface area contributed by atoms with Crippen LogP contribution in [0.25, 0.3) is 0 Å². The number of hydrogen-bond acceptors (Lipinski definition) is 3. The lowest BCUT2D eigenvalue weighted by molar-refractivity contribution is -0.140. The lowest BCUT2D eigenvalue weighted by Crippen LogP contribution is -2.48. The molecule has 0 aliphatic heterocycles. The van der Waals surface area contributed by atoms with Gasteiger partial charge in [-0.1, -0.05) is 42.5 Å². The second kappa shape index (κ2) is 9.61. The molecule has 5 nitrogen and oxygen atoms in total. The maximum atomic E-state index is 12.9. The average molecular weight is 354 g/mol. The van der Waals surface area contributed by atoms with E-state index in [9.17, 15) is 9.59 Å². The minimum absolute atomic E-state index is 0.0780. The van der Waals surface area contributed by atoms with Crippen LogP contribution < -0.4 is 10.1 Å². The highest BCUT2D eigenvalue weighted by molar-refractivity contribution is 5.88. The van der Waals surface area contributed by atoms with Crippen molar-refractivity contribution >= 4 is 11.8 Å². The van der Waals surface area contributed by atoms with Crippen molar-refractivity contribution in [1.82, 2.24) is 10.2 Å². The van der Waals surface area contributed by atoms with Gasteiger partial charge in [0.2, 0.25) is 11.8 Å². The van der Waals surface area contributed by atoms with E-state index in [0.717, 1.165) is 16.9 Å². The standard InChI is InChI=1S/C21H26N2O3/c1-4-22-21(25)16(2)23(15-18-10-12-19(26-3)13-11-18)20(24)14-17-8-6-5-7-9-17/h5-13,16H,4,14-15H2,1-3H3,(H,22,25). The summed E-state index contributed by atoms with van der Waals surface area (Å²) in [6.45, 7) is 4.53. The molecule has 0 bridgehead atoms. The van der Waals surface area contributed by atoms with Crippen LogP contribution in [0.2, 0.25) is 0 Å². The van der Waals surface area contributed by atoms with Crippen molar-refractivity contribution in [1.29, 1.82) is 0 Å². The van der Waals surface area contributed by atoms with Crippen LogP contribution in [-0.4, -0.2) is 36.4 Å². The van der Waals surface area contributed by atoms with Crippen LogP contribution in [0.4, 0.5) is 0 Å². The Hall–Kier alpha value is -2.82. The zero-order valence-corrected chi connectivity index (χ0v) is 15.6. The highest BCUT2D eigenvalue weighted by Crippen LogP contribution is 2.16. The molecule has 26 heavy (non-hydrogen) atoms. The van der Waals surface area contributed by atoms with Crippen LogP contribution in [-0.2, 0) is 22.6 Å². The van der Waals surface area contributed by atoms with E-state index in [4.69, 9.17) is 4.74 Å². The highest BCUT2D eigenvalue weighted by atomic mass is 16.5. The number of methoxy groups -OCH3 is 1. The van der Waals surface area contributed by atoms with Gasteiger partial charge in [0.05, 0.1) is 13.5 Å². The first kappa shape index (κ1) is 19.5. The molecular weight excluding hydrogens is 328 g/mol. The molecule has 0 fully saturated rings. The van der Waals surface area contributed by atoms with Crippen molar-refractivity contribution in [3.05, 3.63) is 65.7 Å². The van der Waals surface area contributed by atoms with Gasteiger partial charge in [0.15, 0.2) is 0 Å². The Labute approximate surface area is 155 Å². The number of rotatable bonds is 8. The number of hydrogen-bond donors (Lipinski definition) is 1. The van der Waals surface area contributed by atoms with Crippen molar-refractivity contribution in [2.75, 3.05) is 13.7 Å². The van der Waals surface area contributed by atoms with Gasteiger partial charge in [0, 0.05) is 13.1 Å². The molecule has 1 N–H and O–H groups in total. The predicted octanol–water partition coefficient (Wildman–Crippen LogP) is 2.79. The minimum Gasteiger partial charge on any atom is -0.497 e. The molecule has 0 heterocycles. The third kappa shape index (κ3) is 5.34. The Morgan fingerprint density at radius 2 is 1.69 bits per heavy atom. The molecule has 5 heteroatoms. The summed E-state index contributed by atoms with van der Waals surface area (Å²) in [5.74, 6) is 0.529. The van der Waals surface area contributed by atoms with Crippen molar-refractivity contribution in [3.63, 3.8) is 0 Å². The maximum absolute atomic E-state index is 12.9. The smallest absolute Gasteiger partial charge is 0.242 e. The van der Waals surface area contributed by atoms with Crippen LogP contribution in [0.5, 0.6) is 5.75 Å². The molecule has 0 radical (unpaired) electrons. The molecule has 138 valence electrons. The third-order valence-electron chi connectivity index (χ3n) is 4.23. The fourth-order valence-corrected chi connectivity index (χ4v) is 2.70. The van der Waals surface area contributed by atoms with Gasteiger partial charge in [-0.3, -0.25) is 9.59 Å². The zero-order chi connectivity index (χ0) is 18.9. The number of benzene rings is 2. The molecule has 2 aromatic carbocycles. The van der Waals surface area contributed by atoms with Gasteiger partial charge in [-0.05, 0) is 37.1 Å². The van der Waals surface area contributed by atoms with Gasteiger partial charge < -0.3 is 15.0 Å². The molecule has 2 rings (SSSR count). The topological polar surface area (TPSA) is 58.6 Å². The summed E-state index contributed by atoms with van der Waals surface area (Å²) in [5.41, 5.74) is 1.88. The van der Waals surface area contributed by atoms with Crippen LogP contribution >= 0.6 is 0 Å². The molecule has 0 aromatic heterocycles. The molecule has 0 saturated carbocycles. The van der Waals surface area contributed by atoms with E-state index < -0.39 is 6.04 Å².